The summed E-state index contributed by atoms with van der Waals surface area (Å²) in [7, 11) is -9.92. The molecule has 0 aromatic heterocycles. The summed E-state index contributed by atoms with van der Waals surface area (Å²) >= 11 is 0. The van der Waals surface area contributed by atoms with Gasteiger partial charge in [0.25, 0.3) is 0 Å². The molecule has 0 aliphatic heterocycles. The van der Waals surface area contributed by atoms with Crippen molar-refractivity contribution < 1.29 is 80.2 Å². The highest BCUT2D eigenvalue weighted by atomic mass is 31.2. The van der Waals surface area contributed by atoms with E-state index >= 15 is 0 Å². The van der Waals surface area contributed by atoms with Gasteiger partial charge in [-0.25, -0.2) is 9.13 Å². The lowest BCUT2D eigenvalue weighted by Crippen LogP contribution is -2.30. The number of aliphatic hydroxyl groups excluding tert-OH is 1. The highest BCUT2D eigenvalue weighted by Gasteiger charge is 2.30. The van der Waals surface area contributed by atoms with Crippen molar-refractivity contribution in [2.24, 2.45) is 11.8 Å². The van der Waals surface area contributed by atoms with Crippen LogP contribution in [0, 0.1) is 11.8 Å². The number of phosphoric ester groups is 2. The normalized spacial score (nSPS) is 14.4. The summed E-state index contributed by atoms with van der Waals surface area (Å²) in [6.07, 6.45) is 62.5. The predicted molar refractivity (Wildman–Crippen MR) is 409 cm³/mol. The number of carbonyl (C=O) groups excluding carboxylic acids is 4. The molecule has 594 valence electrons. The van der Waals surface area contributed by atoms with Crippen LogP contribution in [0.4, 0.5) is 0 Å². The van der Waals surface area contributed by atoms with Gasteiger partial charge in [-0.15, -0.1) is 0 Å². The molecular weight excluding hydrogens is 1310 g/mol. The Morgan fingerprint density at radius 3 is 0.710 bits per heavy atom. The molecule has 0 spiro atoms. The highest BCUT2D eigenvalue weighted by molar-refractivity contribution is 7.47. The Labute approximate surface area is 613 Å². The molecule has 0 saturated carbocycles. The third-order valence-corrected chi connectivity index (χ3v) is 21.6. The molecule has 100 heavy (non-hydrogen) atoms. The van der Waals surface area contributed by atoms with Gasteiger partial charge in [0, 0.05) is 25.7 Å². The van der Waals surface area contributed by atoms with Crippen LogP contribution in [0.15, 0.2) is 0 Å². The second-order valence-corrected chi connectivity index (χ2v) is 32.6. The van der Waals surface area contributed by atoms with E-state index in [-0.39, 0.29) is 25.7 Å². The van der Waals surface area contributed by atoms with Crippen molar-refractivity contribution >= 4 is 39.5 Å². The van der Waals surface area contributed by atoms with E-state index in [1.54, 1.807) is 0 Å². The third-order valence-electron chi connectivity index (χ3n) is 19.7. The maximum absolute atomic E-state index is 13.1. The van der Waals surface area contributed by atoms with Crippen LogP contribution in [-0.4, -0.2) is 96.7 Å². The lowest BCUT2D eigenvalue weighted by Gasteiger charge is -2.21. The summed E-state index contributed by atoms with van der Waals surface area (Å²) in [4.78, 5) is 72.9. The first-order valence-electron chi connectivity index (χ1n) is 42.1. The van der Waals surface area contributed by atoms with Crippen LogP contribution in [0.25, 0.3) is 0 Å². The Bertz CT molecular complexity index is 1930. The van der Waals surface area contributed by atoms with Crippen LogP contribution in [0.3, 0.4) is 0 Å². The number of esters is 4. The van der Waals surface area contributed by atoms with Crippen LogP contribution in [0.5, 0.6) is 0 Å². The zero-order valence-corrected chi connectivity index (χ0v) is 67.3. The van der Waals surface area contributed by atoms with Crippen LogP contribution >= 0.6 is 15.6 Å². The molecule has 0 aliphatic rings. The molecule has 0 fully saturated rings. The van der Waals surface area contributed by atoms with Crippen LogP contribution in [0.2, 0.25) is 0 Å². The number of rotatable bonds is 80. The van der Waals surface area contributed by atoms with Crippen molar-refractivity contribution in [2.75, 3.05) is 39.6 Å². The number of hydrogen-bond acceptors (Lipinski definition) is 15. The second-order valence-electron chi connectivity index (χ2n) is 29.6. The molecule has 0 amide bonds. The minimum absolute atomic E-state index is 0.106. The molecule has 3 N–H and O–H groups in total. The minimum atomic E-state index is -4.96. The van der Waals surface area contributed by atoms with Crippen LogP contribution in [0.1, 0.15) is 427 Å². The molecule has 0 rings (SSSR count). The van der Waals surface area contributed by atoms with E-state index in [0.717, 1.165) is 108 Å². The summed E-state index contributed by atoms with van der Waals surface area (Å²) < 4.78 is 68.7. The fraction of sp³-hybridized carbons (Fsp3) is 0.951. The molecule has 7 atom stereocenters. The van der Waals surface area contributed by atoms with Gasteiger partial charge in [-0.05, 0) is 37.5 Å². The highest BCUT2D eigenvalue weighted by Crippen LogP contribution is 2.45. The van der Waals surface area contributed by atoms with Gasteiger partial charge in [0.15, 0.2) is 12.2 Å². The summed E-state index contributed by atoms with van der Waals surface area (Å²) in [5.74, 6) is -0.508. The lowest BCUT2D eigenvalue weighted by molar-refractivity contribution is -0.161. The lowest BCUT2D eigenvalue weighted by atomic mass is 9.99. The van der Waals surface area contributed by atoms with Gasteiger partial charge in [0.05, 0.1) is 26.4 Å². The maximum atomic E-state index is 13.1. The molecule has 0 heterocycles. The Morgan fingerprint density at radius 2 is 0.480 bits per heavy atom. The average molecular weight is 1470 g/mol. The van der Waals surface area contributed by atoms with E-state index in [1.165, 1.54) is 238 Å². The second kappa shape index (κ2) is 72.6. The van der Waals surface area contributed by atoms with Gasteiger partial charge in [0.2, 0.25) is 0 Å². The van der Waals surface area contributed by atoms with E-state index in [2.05, 4.69) is 41.5 Å². The van der Waals surface area contributed by atoms with Crippen molar-refractivity contribution in [3.05, 3.63) is 0 Å². The smallest absolute Gasteiger partial charge is 0.462 e. The number of ether oxygens (including phenoxy) is 4. The molecule has 0 aliphatic carbocycles. The molecule has 0 saturated heterocycles. The number of carbonyl (C=O) groups is 4. The van der Waals surface area contributed by atoms with Gasteiger partial charge in [-0.1, -0.05) is 375 Å². The van der Waals surface area contributed by atoms with Gasteiger partial charge in [0.1, 0.15) is 19.3 Å². The molecular formula is C81H158O17P2. The van der Waals surface area contributed by atoms with Gasteiger partial charge in [-0.3, -0.25) is 37.3 Å². The topological polar surface area (TPSA) is 237 Å². The largest absolute Gasteiger partial charge is 0.472 e. The minimum Gasteiger partial charge on any atom is -0.462 e. The Kier molecular flexibility index (Phi) is 71.2. The quantitative estimate of drug-likeness (QED) is 0.0222. The Balaban J connectivity index is 5.20. The molecule has 0 aromatic carbocycles. The fourth-order valence-electron chi connectivity index (χ4n) is 12.5. The van der Waals surface area contributed by atoms with E-state index in [0.29, 0.717) is 25.7 Å². The van der Waals surface area contributed by atoms with Gasteiger partial charge < -0.3 is 33.8 Å². The average Bonchev–Trinajstić information content (AvgIpc) is 1.02. The fourth-order valence-corrected chi connectivity index (χ4v) is 14.1. The molecule has 0 radical (unpaired) electrons. The first-order chi connectivity index (χ1) is 48.4. The Hall–Kier alpha value is -1.94. The van der Waals surface area contributed by atoms with E-state index in [1.807, 2.05) is 0 Å². The van der Waals surface area contributed by atoms with Crippen molar-refractivity contribution in [1.82, 2.24) is 0 Å². The third kappa shape index (κ3) is 71.7. The number of phosphoric acid groups is 2. The van der Waals surface area contributed by atoms with Crippen molar-refractivity contribution in [2.45, 2.75) is 445 Å². The van der Waals surface area contributed by atoms with Crippen LogP contribution in [-0.2, 0) is 65.4 Å². The predicted octanol–water partition coefficient (Wildman–Crippen LogP) is 24.3. The zero-order chi connectivity index (χ0) is 73.5. The van der Waals surface area contributed by atoms with E-state index < -0.39 is 97.5 Å². The molecule has 19 heteroatoms. The van der Waals surface area contributed by atoms with Crippen LogP contribution < -0.4 is 0 Å². The van der Waals surface area contributed by atoms with Crippen molar-refractivity contribution in [3.63, 3.8) is 0 Å². The van der Waals surface area contributed by atoms with Gasteiger partial charge in [-0.2, -0.15) is 0 Å². The van der Waals surface area contributed by atoms with E-state index in [9.17, 15) is 43.2 Å². The molecule has 4 unspecified atom stereocenters. The molecule has 0 aromatic rings. The summed E-state index contributed by atoms with van der Waals surface area (Å²) in [5, 5.41) is 10.6. The van der Waals surface area contributed by atoms with Crippen molar-refractivity contribution in [1.29, 1.82) is 0 Å². The monoisotopic (exact) mass is 1470 g/mol. The molecule has 17 nitrogen and oxygen atoms in total. The standard InChI is InChI=1S/C81H158O17P2/c1-7-11-13-15-17-19-21-22-23-26-30-33-37-40-44-51-57-63-78(83)91-69-76(97-81(86)66-60-54-46-42-38-34-31-28-25-24-27-29-32-36-39-43-49-55-61-73(5)9-3)71-95-99(87,88)93-67-75(82)68-94-100(89,90)96-72-77(70-92-79(84)64-58-52-48-47-50-56-62-74(6)10-4)98-80(85)65-59-53-45-41-35-20-18-16-14-12-8-2/h73-77,82H,7-72H2,1-6H3,(H,87,88)(H,89,90)/t73?,74?,75-,76-,77-/m1/s1. The summed E-state index contributed by atoms with van der Waals surface area (Å²) in [6, 6.07) is 0. The zero-order valence-electron chi connectivity index (χ0n) is 65.5. The summed E-state index contributed by atoms with van der Waals surface area (Å²) in [6.45, 7) is 9.65. The SMILES string of the molecule is CCCCCCCCCCCCCCCCCCCC(=O)OC[C@H](COP(=O)(O)OC[C@@H](O)COP(=O)(O)OC[C@@H](COC(=O)CCCCCCCCC(C)CC)OC(=O)CCCCCCCCCCCCC)OC(=O)CCCCCCCCCCCCCCCCCCCCC(C)CC. The van der Waals surface area contributed by atoms with E-state index in [4.69, 9.17) is 37.0 Å². The first-order valence-corrected chi connectivity index (χ1v) is 45.1. The van der Waals surface area contributed by atoms with Gasteiger partial charge >= 0.3 is 39.5 Å². The number of aliphatic hydroxyl groups is 1. The number of unbranched alkanes of at least 4 members (excludes halogenated alkanes) is 48. The first kappa shape index (κ1) is 98.1. The Morgan fingerprint density at radius 1 is 0.280 bits per heavy atom. The number of hydrogen-bond donors (Lipinski definition) is 3. The summed E-state index contributed by atoms with van der Waals surface area (Å²) in [5.41, 5.74) is 0. The maximum Gasteiger partial charge on any atom is 0.472 e. The van der Waals surface area contributed by atoms with Crippen molar-refractivity contribution in [3.8, 4) is 0 Å². The molecule has 0 bridgehead atoms.